The molecule has 0 aromatic carbocycles. The molecule has 1 amide bonds. The fraction of sp³-hybridized carbons (Fsp3) is 0.867. The van der Waals surface area contributed by atoms with Crippen LogP contribution in [0, 0.1) is 11.8 Å². The summed E-state index contributed by atoms with van der Waals surface area (Å²) in [5.74, 6) is -0.143. The van der Waals surface area contributed by atoms with Gasteiger partial charge >= 0.3 is 5.97 Å². The highest BCUT2D eigenvalue weighted by Gasteiger charge is 2.34. The SMILES string of the molecule is CC(CC1CCCC1)C(=O)N1CCCC[C@@H]1C(=O)O. The van der Waals surface area contributed by atoms with Crippen LogP contribution in [0.2, 0.25) is 0 Å². The Labute approximate surface area is 115 Å². The van der Waals surface area contributed by atoms with E-state index in [2.05, 4.69) is 0 Å². The zero-order valence-electron chi connectivity index (χ0n) is 11.8. The predicted molar refractivity (Wildman–Crippen MR) is 72.7 cm³/mol. The molecule has 2 fully saturated rings. The number of nitrogens with zero attached hydrogens (tertiary/aromatic N) is 1. The van der Waals surface area contributed by atoms with E-state index < -0.39 is 12.0 Å². The van der Waals surface area contributed by atoms with E-state index in [9.17, 15) is 14.7 Å². The van der Waals surface area contributed by atoms with Crippen LogP contribution in [0.5, 0.6) is 0 Å². The predicted octanol–water partition coefficient (Wildman–Crippen LogP) is 2.67. The molecule has 2 rings (SSSR count). The molecule has 1 saturated carbocycles. The lowest BCUT2D eigenvalue weighted by Gasteiger charge is -2.35. The number of carbonyl (C=O) groups excluding carboxylic acids is 1. The number of hydrogen-bond donors (Lipinski definition) is 1. The molecule has 0 spiro atoms. The van der Waals surface area contributed by atoms with Crippen LogP contribution >= 0.6 is 0 Å². The van der Waals surface area contributed by atoms with E-state index in [-0.39, 0.29) is 11.8 Å². The molecule has 1 heterocycles. The van der Waals surface area contributed by atoms with Gasteiger partial charge in [-0.2, -0.15) is 0 Å². The lowest BCUT2D eigenvalue weighted by atomic mass is 9.92. The molecule has 1 saturated heterocycles. The van der Waals surface area contributed by atoms with Crippen molar-refractivity contribution < 1.29 is 14.7 Å². The first-order chi connectivity index (χ1) is 9.09. The molecular formula is C15H25NO3. The van der Waals surface area contributed by atoms with E-state index in [4.69, 9.17) is 0 Å². The quantitative estimate of drug-likeness (QED) is 0.852. The minimum Gasteiger partial charge on any atom is -0.480 e. The normalized spacial score (nSPS) is 26.4. The van der Waals surface area contributed by atoms with Crippen molar-refractivity contribution in [1.29, 1.82) is 0 Å². The monoisotopic (exact) mass is 267 g/mol. The van der Waals surface area contributed by atoms with Crippen LogP contribution in [0.3, 0.4) is 0 Å². The Kier molecular flexibility index (Phi) is 4.83. The van der Waals surface area contributed by atoms with Crippen molar-refractivity contribution in [2.75, 3.05) is 6.54 Å². The standard InChI is InChI=1S/C15H25NO3/c1-11(10-12-6-2-3-7-12)14(17)16-9-5-4-8-13(16)15(18)19/h11-13H,2-10H2,1H3,(H,18,19)/t11?,13-/m1/s1. The highest BCUT2D eigenvalue weighted by molar-refractivity contribution is 5.85. The summed E-state index contributed by atoms with van der Waals surface area (Å²) in [6, 6.07) is -0.590. The molecule has 0 bridgehead atoms. The van der Waals surface area contributed by atoms with Crippen molar-refractivity contribution in [3.05, 3.63) is 0 Å². The second kappa shape index (κ2) is 6.40. The van der Waals surface area contributed by atoms with Crippen molar-refractivity contribution in [1.82, 2.24) is 4.90 Å². The van der Waals surface area contributed by atoms with Gasteiger partial charge in [-0.1, -0.05) is 32.6 Å². The molecule has 0 aromatic rings. The summed E-state index contributed by atoms with van der Waals surface area (Å²) in [7, 11) is 0. The largest absolute Gasteiger partial charge is 0.480 e. The van der Waals surface area contributed by atoms with E-state index in [1.807, 2.05) is 6.92 Å². The van der Waals surface area contributed by atoms with Gasteiger partial charge in [0.2, 0.25) is 5.91 Å². The second-order valence-corrected chi connectivity index (χ2v) is 6.17. The summed E-state index contributed by atoms with van der Waals surface area (Å²) in [4.78, 5) is 25.3. The summed E-state index contributed by atoms with van der Waals surface area (Å²) in [5.41, 5.74) is 0. The number of hydrogen-bond acceptors (Lipinski definition) is 2. The van der Waals surface area contributed by atoms with Gasteiger partial charge < -0.3 is 10.0 Å². The third-order valence-electron chi connectivity index (χ3n) is 4.65. The van der Waals surface area contributed by atoms with E-state index in [0.29, 0.717) is 18.9 Å². The topological polar surface area (TPSA) is 57.6 Å². The Bertz CT molecular complexity index is 336. The lowest BCUT2D eigenvalue weighted by Crippen LogP contribution is -2.49. The first kappa shape index (κ1) is 14.4. The van der Waals surface area contributed by atoms with Crippen LogP contribution < -0.4 is 0 Å². The molecule has 4 nitrogen and oxygen atoms in total. The number of piperidine rings is 1. The third-order valence-corrected chi connectivity index (χ3v) is 4.65. The van der Waals surface area contributed by atoms with Gasteiger partial charge in [0, 0.05) is 12.5 Å². The number of carboxylic acid groups (broad SMARTS) is 1. The first-order valence-corrected chi connectivity index (χ1v) is 7.63. The van der Waals surface area contributed by atoms with Crippen molar-refractivity contribution in [2.45, 2.75) is 64.3 Å². The van der Waals surface area contributed by atoms with Crippen LogP contribution in [0.25, 0.3) is 0 Å². The van der Waals surface area contributed by atoms with Gasteiger partial charge in [0.25, 0.3) is 0 Å². The van der Waals surface area contributed by atoms with Gasteiger partial charge in [-0.25, -0.2) is 4.79 Å². The Morgan fingerprint density at radius 2 is 1.79 bits per heavy atom. The van der Waals surface area contributed by atoms with Gasteiger partial charge in [0.1, 0.15) is 6.04 Å². The summed E-state index contributed by atoms with van der Waals surface area (Å²) in [6.07, 6.45) is 8.43. The summed E-state index contributed by atoms with van der Waals surface area (Å²) in [5, 5.41) is 9.23. The number of aliphatic carboxylic acids is 1. The molecule has 0 radical (unpaired) electrons. The third kappa shape index (κ3) is 3.48. The van der Waals surface area contributed by atoms with Crippen molar-refractivity contribution in [3.8, 4) is 0 Å². The molecule has 2 atom stereocenters. The first-order valence-electron chi connectivity index (χ1n) is 7.63. The van der Waals surface area contributed by atoms with Gasteiger partial charge in [0.15, 0.2) is 0 Å². The highest BCUT2D eigenvalue weighted by atomic mass is 16.4. The zero-order chi connectivity index (χ0) is 13.8. The molecule has 4 heteroatoms. The summed E-state index contributed by atoms with van der Waals surface area (Å²) < 4.78 is 0. The van der Waals surface area contributed by atoms with Gasteiger partial charge in [-0.15, -0.1) is 0 Å². The van der Waals surface area contributed by atoms with Crippen LogP contribution in [0.4, 0.5) is 0 Å². The second-order valence-electron chi connectivity index (χ2n) is 6.17. The average Bonchev–Trinajstić information content (AvgIpc) is 2.90. The zero-order valence-corrected chi connectivity index (χ0v) is 11.8. The smallest absolute Gasteiger partial charge is 0.326 e. The van der Waals surface area contributed by atoms with E-state index >= 15 is 0 Å². The van der Waals surface area contributed by atoms with Crippen molar-refractivity contribution in [2.24, 2.45) is 11.8 Å². The summed E-state index contributed by atoms with van der Waals surface area (Å²) in [6.45, 7) is 2.58. The maximum Gasteiger partial charge on any atom is 0.326 e. The van der Waals surface area contributed by atoms with Crippen molar-refractivity contribution in [3.63, 3.8) is 0 Å². The molecule has 1 aliphatic heterocycles. The minimum atomic E-state index is -0.846. The Balaban J connectivity index is 1.93. The fourth-order valence-corrected chi connectivity index (χ4v) is 3.58. The number of carbonyl (C=O) groups is 2. The summed E-state index contributed by atoms with van der Waals surface area (Å²) >= 11 is 0. The molecule has 1 N–H and O–H groups in total. The molecule has 1 aliphatic carbocycles. The van der Waals surface area contributed by atoms with E-state index in [1.165, 1.54) is 25.7 Å². The Morgan fingerprint density at radius 3 is 2.42 bits per heavy atom. The maximum atomic E-state index is 12.5. The molecule has 0 aromatic heterocycles. The van der Waals surface area contributed by atoms with Gasteiger partial charge in [0.05, 0.1) is 0 Å². The molecule has 2 aliphatic rings. The number of likely N-dealkylation sites (tertiary alicyclic amines) is 1. The maximum absolute atomic E-state index is 12.5. The van der Waals surface area contributed by atoms with Crippen molar-refractivity contribution >= 4 is 11.9 Å². The van der Waals surface area contributed by atoms with Crippen LogP contribution in [-0.4, -0.2) is 34.5 Å². The molecule has 108 valence electrons. The molecular weight excluding hydrogens is 242 g/mol. The van der Waals surface area contributed by atoms with E-state index in [0.717, 1.165) is 19.3 Å². The van der Waals surface area contributed by atoms with Crippen LogP contribution in [0.1, 0.15) is 58.3 Å². The number of rotatable bonds is 4. The number of amides is 1. The Hall–Kier alpha value is -1.06. The van der Waals surface area contributed by atoms with Gasteiger partial charge in [-0.3, -0.25) is 4.79 Å². The van der Waals surface area contributed by atoms with Gasteiger partial charge in [-0.05, 0) is 31.6 Å². The van der Waals surface area contributed by atoms with Crippen LogP contribution in [0.15, 0.2) is 0 Å². The van der Waals surface area contributed by atoms with Crippen LogP contribution in [-0.2, 0) is 9.59 Å². The Morgan fingerprint density at radius 1 is 1.16 bits per heavy atom. The fourth-order valence-electron chi connectivity index (χ4n) is 3.58. The molecule has 19 heavy (non-hydrogen) atoms. The lowest BCUT2D eigenvalue weighted by molar-refractivity contribution is -0.153. The minimum absolute atomic E-state index is 0.0250. The number of carboxylic acids is 1. The van der Waals surface area contributed by atoms with E-state index in [1.54, 1.807) is 4.90 Å². The molecule has 1 unspecified atom stereocenters. The highest BCUT2D eigenvalue weighted by Crippen LogP contribution is 2.31. The average molecular weight is 267 g/mol.